The Balaban J connectivity index is 2.18. The molecule has 0 saturated heterocycles. The van der Waals surface area contributed by atoms with E-state index in [0.717, 1.165) is 23.4 Å². The van der Waals surface area contributed by atoms with Gasteiger partial charge in [0.25, 0.3) is 0 Å². The molecule has 0 N–H and O–H groups in total. The molecule has 2 nitrogen and oxygen atoms in total. The number of benzene rings is 1. The second-order valence-corrected chi connectivity index (χ2v) is 3.25. The van der Waals surface area contributed by atoms with Crippen LogP contribution in [0.3, 0.4) is 0 Å². The first-order valence-electron chi connectivity index (χ1n) is 4.84. The minimum atomic E-state index is 0.684. The molecular formula is C13H11NO. The average molecular weight is 197 g/mol. The van der Waals surface area contributed by atoms with E-state index in [4.69, 9.17) is 10.9 Å². The van der Waals surface area contributed by atoms with Crippen molar-refractivity contribution in [3.05, 3.63) is 42.2 Å². The molecule has 0 aliphatic rings. The Morgan fingerprint density at radius 2 is 2.07 bits per heavy atom. The lowest BCUT2D eigenvalue weighted by molar-refractivity contribution is 0.386. The summed E-state index contributed by atoms with van der Waals surface area (Å²) in [7, 11) is 0. The van der Waals surface area contributed by atoms with E-state index in [-0.39, 0.29) is 0 Å². The summed E-state index contributed by atoms with van der Waals surface area (Å²) in [4.78, 5) is 0. The molecule has 2 aromatic rings. The van der Waals surface area contributed by atoms with Crippen molar-refractivity contribution in [3.63, 3.8) is 0 Å². The maximum Gasteiger partial charge on any atom is 0.138 e. The molecule has 0 atom stereocenters. The molecule has 74 valence electrons. The van der Waals surface area contributed by atoms with Crippen molar-refractivity contribution in [2.45, 2.75) is 12.8 Å². The molecule has 1 heterocycles. The van der Waals surface area contributed by atoms with Crippen molar-refractivity contribution >= 4 is 0 Å². The first-order valence-corrected chi connectivity index (χ1v) is 4.84. The van der Waals surface area contributed by atoms with E-state index in [1.54, 1.807) is 0 Å². The third-order valence-electron chi connectivity index (χ3n) is 2.14. The summed E-state index contributed by atoms with van der Waals surface area (Å²) in [6.07, 6.45) is 6.61. The van der Waals surface area contributed by atoms with Gasteiger partial charge in [-0.3, -0.25) is 0 Å². The fraction of sp³-hybridized carbons (Fsp3) is 0.154. The number of terminal acetylenes is 1. The van der Waals surface area contributed by atoms with Crippen molar-refractivity contribution in [2.75, 3.05) is 0 Å². The normalized spacial score (nSPS) is 9.80. The Morgan fingerprint density at radius 3 is 2.80 bits per heavy atom. The SMILES string of the molecule is C#CCCc1cc(-c2ccccc2)no1. The van der Waals surface area contributed by atoms with Crippen molar-refractivity contribution in [1.29, 1.82) is 0 Å². The summed E-state index contributed by atoms with van der Waals surface area (Å²) in [5, 5.41) is 4.00. The van der Waals surface area contributed by atoms with Crippen LogP contribution < -0.4 is 0 Å². The quantitative estimate of drug-likeness (QED) is 0.707. The van der Waals surface area contributed by atoms with Crippen LogP contribution in [0.1, 0.15) is 12.2 Å². The minimum Gasteiger partial charge on any atom is -0.361 e. The number of hydrogen-bond acceptors (Lipinski definition) is 2. The number of nitrogens with zero attached hydrogens (tertiary/aromatic N) is 1. The van der Waals surface area contributed by atoms with E-state index in [1.807, 2.05) is 36.4 Å². The molecule has 0 bridgehead atoms. The lowest BCUT2D eigenvalue weighted by atomic mass is 10.1. The van der Waals surface area contributed by atoms with Crippen molar-refractivity contribution in [1.82, 2.24) is 5.16 Å². The van der Waals surface area contributed by atoms with Crippen LogP contribution in [-0.2, 0) is 6.42 Å². The molecule has 15 heavy (non-hydrogen) atoms. The standard InChI is InChI=1S/C13H11NO/c1-2-3-9-12-10-13(14-15-12)11-7-5-4-6-8-11/h1,4-8,10H,3,9H2. The van der Waals surface area contributed by atoms with Gasteiger partial charge in [-0.1, -0.05) is 35.5 Å². The molecule has 1 aromatic heterocycles. The Labute approximate surface area is 88.9 Å². The molecule has 0 aliphatic heterocycles. The summed E-state index contributed by atoms with van der Waals surface area (Å²) < 4.78 is 5.18. The highest BCUT2D eigenvalue weighted by molar-refractivity contribution is 5.58. The zero-order valence-electron chi connectivity index (χ0n) is 8.31. The first kappa shape index (κ1) is 9.54. The maximum absolute atomic E-state index is 5.18. The molecule has 2 rings (SSSR count). The van der Waals surface area contributed by atoms with E-state index < -0.39 is 0 Å². The number of aromatic nitrogens is 1. The third kappa shape index (κ3) is 2.26. The molecule has 0 unspecified atom stereocenters. The molecular weight excluding hydrogens is 186 g/mol. The van der Waals surface area contributed by atoms with Gasteiger partial charge in [-0.25, -0.2) is 0 Å². The van der Waals surface area contributed by atoms with Crippen LogP contribution in [0, 0.1) is 12.3 Å². The summed E-state index contributed by atoms with van der Waals surface area (Å²) in [5.74, 6) is 3.42. The molecule has 0 radical (unpaired) electrons. The van der Waals surface area contributed by atoms with Gasteiger partial charge in [-0.15, -0.1) is 12.3 Å². The largest absolute Gasteiger partial charge is 0.361 e. The summed E-state index contributed by atoms with van der Waals surface area (Å²) in [6.45, 7) is 0. The van der Waals surface area contributed by atoms with Crippen LogP contribution in [0.5, 0.6) is 0 Å². The lowest BCUT2D eigenvalue weighted by Crippen LogP contribution is -1.77. The molecule has 1 aromatic carbocycles. The molecule has 0 saturated carbocycles. The lowest BCUT2D eigenvalue weighted by Gasteiger charge is -1.91. The Hall–Kier alpha value is -2.01. The third-order valence-corrected chi connectivity index (χ3v) is 2.14. The van der Waals surface area contributed by atoms with Crippen LogP contribution in [0.15, 0.2) is 40.9 Å². The number of hydrogen-bond donors (Lipinski definition) is 0. The zero-order chi connectivity index (χ0) is 10.5. The van der Waals surface area contributed by atoms with E-state index in [2.05, 4.69) is 11.1 Å². The van der Waals surface area contributed by atoms with Gasteiger partial charge < -0.3 is 4.52 Å². The van der Waals surface area contributed by atoms with Crippen molar-refractivity contribution in [3.8, 4) is 23.6 Å². The van der Waals surface area contributed by atoms with Crippen LogP contribution in [-0.4, -0.2) is 5.16 Å². The van der Waals surface area contributed by atoms with Gasteiger partial charge in [0, 0.05) is 24.5 Å². The van der Waals surface area contributed by atoms with Crippen LogP contribution in [0.2, 0.25) is 0 Å². The van der Waals surface area contributed by atoms with Crippen LogP contribution in [0.4, 0.5) is 0 Å². The average Bonchev–Trinajstić information content (AvgIpc) is 2.76. The Bertz CT molecular complexity index is 465. The molecule has 0 amide bonds. The zero-order valence-corrected chi connectivity index (χ0v) is 8.31. The number of rotatable bonds is 3. The Kier molecular flexibility index (Phi) is 2.85. The molecule has 0 aliphatic carbocycles. The summed E-state index contributed by atoms with van der Waals surface area (Å²) in [5.41, 5.74) is 1.93. The summed E-state index contributed by atoms with van der Waals surface area (Å²) >= 11 is 0. The van der Waals surface area contributed by atoms with Gasteiger partial charge in [0.05, 0.1) is 0 Å². The van der Waals surface area contributed by atoms with Gasteiger partial charge in [0.15, 0.2) is 0 Å². The second kappa shape index (κ2) is 4.47. The minimum absolute atomic E-state index is 0.684. The highest BCUT2D eigenvalue weighted by atomic mass is 16.5. The van der Waals surface area contributed by atoms with Crippen molar-refractivity contribution in [2.24, 2.45) is 0 Å². The van der Waals surface area contributed by atoms with Gasteiger partial charge in [-0.05, 0) is 0 Å². The molecule has 0 spiro atoms. The molecule has 2 heteroatoms. The fourth-order valence-corrected chi connectivity index (χ4v) is 1.37. The predicted octanol–water partition coefficient (Wildman–Crippen LogP) is 2.91. The number of aryl methyl sites for hydroxylation is 1. The smallest absolute Gasteiger partial charge is 0.138 e. The monoisotopic (exact) mass is 197 g/mol. The van der Waals surface area contributed by atoms with E-state index in [0.29, 0.717) is 6.42 Å². The van der Waals surface area contributed by atoms with Crippen molar-refractivity contribution < 1.29 is 4.52 Å². The van der Waals surface area contributed by atoms with Crippen LogP contribution >= 0.6 is 0 Å². The fourth-order valence-electron chi connectivity index (χ4n) is 1.37. The van der Waals surface area contributed by atoms with Crippen LogP contribution in [0.25, 0.3) is 11.3 Å². The molecule has 0 fully saturated rings. The first-order chi connectivity index (χ1) is 7.40. The topological polar surface area (TPSA) is 26.0 Å². The van der Waals surface area contributed by atoms with E-state index in [1.165, 1.54) is 0 Å². The van der Waals surface area contributed by atoms with Gasteiger partial charge in [0.1, 0.15) is 11.5 Å². The summed E-state index contributed by atoms with van der Waals surface area (Å²) in [6, 6.07) is 11.9. The predicted molar refractivity (Wildman–Crippen MR) is 59.1 cm³/mol. The highest BCUT2D eigenvalue weighted by Crippen LogP contribution is 2.18. The Morgan fingerprint density at radius 1 is 1.27 bits per heavy atom. The highest BCUT2D eigenvalue weighted by Gasteiger charge is 2.04. The van der Waals surface area contributed by atoms with Gasteiger partial charge in [-0.2, -0.15) is 0 Å². The van der Waals surface area contributed by atoms with E-state index >= 15 is 0 Å². The van der Waals surface area contributed by atoms with E-state index in [9.17, 15) is 0 Å². The maximum atomic E-state index is 5.18. The van der Waals surface area contributed by atoms with Gasteiger partial charge in [0.2, 0.25) is 0 Å². The van der Waals surface area contributed by atoms with Gasteiger partial charge >= 0.3 is 0 Å². The second-order valence-electron chi connectivity index (χ2n) is 3.25.